The summed E-state index contributed by atoms with van der Waals surface area (Å²) in [4.78, 5) is 15.0. The summed E-state index contributed by atoms with van der Waals surface area (Å²) < 4.78 is 8.41. The Balaban J connectivity index is 0.00000106. The Morgan fingerprint density at radius 3 is 2.64 bits per heavy atom. The molecule has 1 aromatic heterocycles. The maximum absolute atomic E-state index is 10.4. The molecule has 0 amide bonds. The Labute approximate surface area is 204 Å². The van der Waals surface area contributed by atoms with Crippen molar-refractivity contribution in [3.05, 3.63) is 61.0 Å². The summed E-state index contributed by atoms with van der Waals surface area (Å²) in [5.41, 5.74) is 1.15. The van der Waals surface area contributed by atoms with Gasteiger partial charge >= 0.3 is 5.97 Å². The van der Waals surface area contributed by atoms with Crippen LogP contribution in [0, 0.1) is 0 Å². The zero-order valence-corrected chi connectivity index (χ0v) is 20.8. The SMILES string of the molecule is C=C/C=C(\C=C/CC(O)CCCCC)CNCCCCCCC(=O)O.OSc1cccnc1. The van der Waals surface area contributed by atoms with Crippen LogP contribution in [-0.2, 0) is 4.79 Å². The molecule has 1 rings (SSSR count). The van der Waals surface area contributed by atoms with Crippen LogP contribution in [0.4, 0.5) is 0 Å². The lowest BCUT2D eigenvalue weighted by Crippen LogP contribution is -2.17. The first-order valence-corrected chi connectivity index (χ1v) is 12.6. The molecule has 0 spiro atoms. The van der Waals surface area contributed by atoms with E-state index < -0.39 is 5.97 Å². The summed E-state index contributed by atoms with van der Waals surface area (Å²) in [7, 11) is 0. The lowest BCUT2D eigenvalue weighted by atomic mass is 10.1. The molecule has 0 aliphatic carbocycles. The molecule has 0 radical (unpaired) electrons. The smallest absolute Gasteiger partial charge is 0.303 e. The summed E-state index contributed by atoms with van der Waals surface area (Å²) in [5, 5.41) is 21.9. The van der Waals surface area contributed by atoms with E-state index in [4.69, 9.17) is 9.66 Å². The van der Waals surface area contributed by atoms with E-state index in [0.29, 0.717) is 18.5 Å². The molecule has 0 saturated heterocycles. The zero-order valence-electron chi connectivity index (χ0n) is 20.0. The fourth-order valence-electron chi connectivity index (χ4n) is 2.96. The predicted molar refractivity (Wildman–Crippen MR) is 138 cm³/mol. The van der Waals surface area contributed by atoms with Crippen molar-refractivity contribution >= 4 is 18.0 Å². The number of unbranched alkanes of at least 4 members (excludes halogenated alkanes) is 5. The van der Waals surface area contributed by atoms with Gasteiger partial charge in [-0.05, 0) is 49.9 Å². The number of hydrogen-bond acceptors (Lipinski definition) is 6. The number of carboxylic acids is 1. The molecule has 0 aliphatic heterocycles. The van der Waals surface area contributed by atoms with Crippen LogP contribution in [0.15, 0.2) is 65.9 Å². The van der Waals surface area contributed by atoms with Gasteiger partial charge in [-0.2, -0.15) is 0 Å². The zero-order chi connectivity index (χ0) is 24.6. The van der Waals surface area contributed by atoms with Gasteiger partial charge in [0.2, 0.25) is 0 Å². The van der Waals surface area contributed by atoms with Crippen molar-refractivity contribution in [2.75, 3.05) is 13.1 Å². The molecule has 1 aromatic rings. The van der Waals surface area contributed by atoms with E-state index in [9.17, 15) is 9.90 Å². The van der Waals surface area contributed by atoms with Crippen LogP contribution in [0.25, 0.3) is 0 Å². The molecule has 0 bridgehead atoms. The normalized spacial score (nSPS) is 12.3. The third-order valence-corrected chi connectivity index (χ3v) is 5.23. The number of allylic oxidation sites excluding steroid dienone is 2. The highest BCUT2D eigenvalue weighted by molar-refractivity contribution is 7.93. The van der Waals surface area contributed by atoms with Crippen LogP contribution in [0.1, 0.15) is 71.1 Å². The van der Waals surface area contributed by atoms with Gasteiger partial charge < -0.3 is 20.1 Å². The Kier molecular flexibility index (Phi) is 21.9. The van der Waals surface area contributed by atoms with E-state index in [1.807, 2.05) is 12.2 Å². The fraction of sp³-hybridized carbons (Fsp3) is 0.538. The van der Waals surface area contributed by atoms with Gasteiger partial charge in [0.1, 0.15) is 0 Å². The van der Waals surface area contributed by atoms with Crippen molar-refractivity contribution in [2.45, 2.75) is 82.1 Å². The van der Waals surface area contributed by atoms with Gasteiger partial charge in [0, 0.05) is 37.4 Å². The summed E-state index contributed by atoms with van der Waals surface area (Å²) in [6, 6.07) is 3.57. The highest BCUT2D eigenvalue weighted by Gasteiger charge is 2.01. The average Bonchev–Trinajstić information content (AvgIpc) is 2.81. The maximum atomic E-state index is 10.4. The molecule has 0 fully saturated rings. The van der Waals surface area contributed by atoms with Crippen molar-refractivity contribution in [2.24, 2.45) is 0 Å². The Morgan fingerprint density at radius 1 is 1.24 bits per heavy atom. The van der Waals surface area contributed by atoms with Gasteiger partial charge in [-0.25, -0.2) is 0 Å². The summed E-state index contributed by atoms with van der Waals surface area (Å²) in [6.07, 6.45) is 20.0. The molecular weight excluding hydrogens is 436 g/mol. The first-order chi connectivity index (χ1) is 16.0. The monoisotopic (exact) mass is 478 g/mol. The van der Waals surface area contributed by atoms with Crippen molar-refractivity contribution < 1.29 is 19.6 Å². The molecule has 1 heterocycles. The number of rotatable bonds is 18. The van der Waals surface area contributed by atoms with Gasteiger partial charge in [0.05, 0.1) is 11.0 Å². The molecule has 0 saturated carbocycles. The van der Waals surface area contributed by atoms with E-state index in [1.165, 1.54) is 12.8 Å². The van der Waals surface area contributed by atoms with E-state index in [0.717, 1.165) is 62.1 Å². The highest BCUT2D eigenvalue weighted by atomic mass is 32.2. The number of aromatic nitrogens is 1. The van der Waals surface area contributed by atoms with Gasteiger partial charge in [-0.15, -0.1) is 0 Å². The van der Waals surface area contributed by atoms with Gasteiger partial charge in [-0.3, -0.25) is 9.78 Å². The number of aliphatic hydroxyl groups is 1. The second-order valence-corrected chi connectivity index (χ2v) is 8.43. The number of aliphatic carboxylic acids is 1. The third-order valence-electron chi connectivity index (χ3n) is 4.78. The Morgan fingerprint density at radius 2 is 2.03 bits per heavy atom. The number of nitrogens with zero attached hydrogens (tertiary/aromatic N) is 1. The fourth-order valence-corrected chi connectivity index (χ4v) is 3.21. The number of carbonyl (C=O) groups is 1. The van der Waals surface area contributed by atoms with Crippen molar-refractivity contribution in [1.82, 2.24) is 10.3 Å². The van der Waals surface area contributed by atoms with Crippen molar-refractivity contribution in [3.8, 4) is 0 Å². The van der Waals surface area contributed by atoms with Crippen LogP contribution in [0.3, 0.4) is 0 Å². The minimum atomic E-state index is -0.709. The number of carboxylic acid groups (broad SMARTS) is 1. The lowest BCUT2D eigenvalue weighted by Gasteiger charge is -2.08. The molecular formula is C26H42N2O4S. The summed E-state index contributed by atoms with van der Waals surface area (Å²) >= 11 is 0.706. The molecule has 7 heteroatoms. The van der Waals surface area contributed by atoms with E-state index >= 15 is 0 Å². The molecule has 1 atom stereocenters. The van der Waals surface area contributed by atoms with Gasteiger partial charge in [-0.1, -0.05) is 69.9 Å². The molecule has 4 N–H and O–H groups in total. The Bertz CT molecular complexity index is 666. The molecule has 0 aromatic carbocycles. The number of nitrogens with one attached hydrogen (secondary N) is 1. The summed E-state index contributed by atoms with van der Waals surface area (Å²) in [5.74, 6) is -0.709. The maximum Gasteiger partial charge on any atom is 0.303 e. The molecule has 0 aliphatic rings. The second kappa shape index (κ2) is 23.2. The molecule has 186 valence electrons. The second-order valence-electron chi connectivity index (χ2n) is 7.78. The standard InChI is InChI=1S/C21H37NO3.C5H5NOS/c1-3-5-8-14-20(23)15-11-13-19(12-4-2)18-22-17-10-7-6-9-16-21(24)25;7-8-5-2-1-3-6-4-5/h4,11-13,20,22-23H,2-3,5-10,14-18H2,1H3,(H,24,25);1-4,7H/b13-11-,19-12+;. The molecule has 6 nitrogen and oxygen atoms in total. The number of aliphatic hydroxyl groups excluding tert-OH is 1. The summed E-state index contributed by atoms with van der Waals surface area (Å²) in [6.45, 7) is 7.63. The number of pyridine rings is 1. The average molecular weight is 479 g/mol. The minimum absolute atomic E-state index is 0.244. The van der Waals surface area contributed by atoms with Crippen LogP contribution < -0.4 is 5.32 Å². The van der Waals surface area contributed by atoms with Crippen LogP contribution in [-0.4, -0.2) is 44.9 Å². The van der Waals surface area contributed by atoms with Crippen LogP contribution in [0.5, 0.6) is 0 Å². The van der Waals surface area contributed by atoms with Gasteiger partial charge in [0.25, 0.3) is 0 Å². The first-order valence-electron chi connectivity index (χ1n) is 11.8. The lowest BCUT2D eigenvalue weighted by molar-refractivity contribution is -0.137. The largest absolute Gasteiger partial charge is 0.481 e. The minimum Gasteiger partial charge on any atom is -0.481 e. The van der Waals surface area contributed by atoms with Gasteiger partial charge in [0.15, 0.2) is 0 Å². The third kappa shape index (κ3) is 21.7. The topological polar surface area (TPSA) is 103 Å². The van der Waals surface area contributed by atoms with Crippen LogP contribution >= 0.6 is 12.0 Å². The van der Waals surface area contributed by atoms with Crippen molar-refractivity contribution in [3.63, 3.8) is 0 Å². The highest BCUT2D eigenvalue weighted by Crippen LogP contribution is 2.10. The quantitative estimate of drug-likeness (QED) is 0.112. The predicted octanol–water partition coefficient (Wildman–Crippen LogP) is 6.26. The van der Waals surface area contributed by atoms with E-state index in [2.05, 4.69) is 29.9 Å². The Hall–Kier alpha value is -1.93. The van der Waals surface area contributed by atoms with Crippen LogP contribution in [0.2, 0.25) is 0 Å². The van der Waals surface area contributed by atoms with E-state index in [1.54, 1.807) is 30.6 Å². The molecule has 1 unspecified atom stereocenters. The molecule has 33 heavy (non-hydrogen) atoms. The van der Waals surface area contributed by atoms with E-state index in [-0.39, 0.29) is 12.5 Å². The first kappa shape index (κ1) is 31.1. The number of hydrogen-bond donors (Lipinski definition) is 4. The van der Waals surface area contributed by atoms with Crippen molar-refractivity contribution in [1.29, 1.82) is 0 Å².